The number of piperidine rings is 1. The summed E-state index contributed by atoms with van der Waals surface area (Å²) in [6.45, 7) is 8.31. The average molecular weight is 533 g/mol. The van der Waals surface area contributed by atoms with Crippen LogP contribution in [0, 0.1) is 11.8 Å². The Morgan fingerprint density at radius 3 is 2.37 bits per heavy atom. The molecule has 2 amide bonds. The normalized spacial score (nSPS) is 19.5. The van der Waals surface area contributed by atoms with E-state index in [1.165, 1.54) is 19.1 Å². The Kier molecular flexibility index (Phi) is 8.42. The van der Waals surface area contributed by atoms with Crippen LogP contribution in [0.15, 0.2) is 36.5 Å². The number of aliphatic hydroxyl groups excluding tert-OH is 1. The summed E-state index contributed by atoms with van der Waals surface area (Å²) in [5, 5.41) is 12.5. The first kappa shape index (κ1) is 28.0. The van der Waals surface area contributed by atoms with Crippen molar-refractivity contribution < 1.29 is 27.9 Å². The minimum absolute atomic E-state index is 0.000983. The number of fused-ring (bicyclic) bond motifs is 1. The van der Waals surface area contributed by atoms with Crippen molar-refractivity contribution in [1.29, 1.82) is 0 Å². The Morgan fingerprint density at radius 1 is 1.13 bits per heavy atom. The number of likely N-dealkylation sites (tertiary alicyclic amines) is 1. The molecule has 2 aliphatic rings. The number of halogens is 3. The molecule has 0 radical (unpaired) electrons. The smallest absolute Gasteiger partial charge is 0.384 e. The van der Waals surface area contributed by atoms with Gasteiger partial charge in [0.15, 0.2) is 0 Å². The van der Waals surface area contributed by atoms with Crippen molar-refractivity contribution in [3.63, 3.8) is 0 Å². The van der Waals surface area contributed by atoms with Crippen molar-refractivity contribution >= 4 is 11.8 Å². The van der Waals surface area contributed by atoms with Crippen molar-refractivity contribution in [1.82, 2.24) is 20.1 Å². The zero-order chi connectivity index (χ0) is 27.6. The van der Waals surface area contributed by atoms with Gasteiger partial charge in [0.2, 0.25) is 0 Å². The van der Waals surface area contributed by atoms with Gasteiger partial charge in [0.1, 0.15) is 6.10 Å². The second-order valence-electron chi connectivity index (χ2n) is 10.7. The summed E-state index contributed by atoms with van der Waals surface area (Å²) in [5.74, 6) is 0.0159. The average Bonchev–Trinajstić information content (AvgIpc) is 3.24. The molecule has 2 atom stereocenters. The van der Waals surface area contributed by atoms with Gasteiger partial charge in [0, 0.05) is 38.9 Å². The van der Waals surface area contributed by atoms with Crippen LogP contribution in [-0.2, 0) is 24.1 Å². The van der Waals surface area contributed by atoms with Gasteiger partial charge in [-0.05, 0) is 60.9 Å². The number of rotatable bonds is 7. The van der Waals surface area contributed by atoms with Gasteiger partial charge < -0.3 is 15.3 Å². The topological polar surface area (TPSA) is 85.8 Å². The first-order chi connectivity index (χ1) is 17.9. The van der Waals surface area contributed by atoms with E-state index >= 15 is 0 Å². The highest BCUT2D eigenvalue weighted by molar-refractivity contribution is 5.94. The molecule has 3 heterocycles. The monoisotopic (exact) mass is 532 g/mol. The van der Waals surface area contributed by atoms with E-state index in [0.717, 1.165) is 41.8 Å². The highest BCUT2D eigenvalue weighted by Crippen LogP contribution is 2.39. The molecule has 10 heteroatoms. The van der Waals surface area contributed by atoms with Crippen molar-refractivity contribution in [3.05, 3.63) is 64.5 Å². The lowest BCUT2D eigenvalue weighted by Gasteiger charge is -2.32. The molecule has 2 aromatic rings. The van der Waals surface area contributed by atoms with Crippen LogP contribution in [0.3, 0.4) is 0 Å². The predicted molar refractivity (Wildman–Crippen MR) is 136 cm³/mol. The summed E-state index contributed by atoms with van der Waals surface area (Å²) in [6.07, 6.45) is -2.25. The summed E-state index contributed by atoms with van der Waals surface area (Å²) >= 11 is 0. The van der Waals surface area contributed by atoms with Crippen molar-refractivity contribution in [2.24, 2.45) is 11.8 Å². The standard InChI is InChI=1S/C28H35F3N4O3/c1-17(2)25-24-22(16-35(25)15-20-4-6-23(7-5-20)28(29,30)31)12-21(14-32-24)26(37)33-13-19-8-10-34(11-9-19)27(38)18(3)36/h4-7,12,14,17-19,25,36H,8-11,13,15-16H2,1-3H3,(H,33,37). The van der Waals surface area contributed by atoms with Crippen molar-refractivity contribution in [2.75, 3.05) is 19.6 Å². The third-order valence-electron chi connectivity index (χ3n) is 7.44. The highest BCUT2D eigenvalue weighted by Gasteiger charge is 2.35. The number of carbonyl (C=O) groups excluding carboxylic acids is 2. The molecule has 1 fully saturated rings. The molecule has 7 nitrogen and oxygen atoms in total. The lowest BCUT2D eigenvalue weighted by Crippen LogP contribution is -2.44. The first-order valence-electron chi connectivity index (χ1n) is 13.1. The van der Waals surface area contributed by atoms with Crippen LogP contribution in [0.5, 0.6) is 0 Å². The van der Waals surface area contributed by atoms with E-state index in [-0.39, 0.29) is 29.7 Å². The van der Waals surface area contributed by atoms with Crippen molar-refractivity contribution in [2.45, 2.75) is 65.0 Å². The summed E-state index contributed by atoms with van der Waals surface area (Å²) in [5.41, 5.74) is 2.45. The molecule has 0 aliphatic carbocycles. The van der Waals surface area contributed by atoms with Crippen LogP contribution in [0.4, 0.5) is 13.2 Å². The second kappa shape index (κ2) is 11.4. The fourth-order valence-electron chi connectivity index (χ4n) is 5.41. The van der Waals surface area contributed by atoms with Crippen LogP contribution in [0.2, 0.25) is 0 Å². The predicted octanol–water partition coefficient (Wildman–Crippen LogP) is 4.16. The number of benzene rings is 1. The molecule has 2 aliphatic heterocycles. The maximum Gasteiger partial charge on any atom is 0.416 e. The lowest BCUT2D eigenvalue weighted by molar-refractivity contribution is -0.140. The largest absolute Gasteiger partial charge is 0.416 e. The van der Waals surface area contributed by atoms with Gasteiger partial charge in [-0.15, -0.1) is 0 Å². The molecule has 206 valence electrons. The Bertz CT molecular complexity index is 1140. The maximum absolute atomic E-state index is 12.9. The van der Waals surface area contributed by atoms with E-state index in [0.29, 0.717) is 38.3 Å². The molecule has 38 heavy (non-hydrogen) atoms. The number of carbonyl (C=O) groups is 2. The molecule has 2 N–H and O–H groups in total. The maximum atomic E-state index is 12.9. The molecule has 4 rings (SSSR count). The van der Waals surface area contributed by atoms with Gasteiger partial charge in [-0.3, -0.25) is 19.5 Å². The highest BCUT2D eigenvalue weighted by atomic mass is 19.4. The van der Waals surface area contributed by atoms with E-state index in [4.69, 9.17) is 0 Å². The molecule has 0 saturated carbocycles. The van der Waals surface area contributed by atoms with Crippen LogP contribution in [0.1, 0.15) is 72.4 Å². The van der Waals surface area contributed by atoms with E-state index in [2.05, 4.69) is 29.0 Å². The number of alkyl halides is 3. The summed E-state index contributed by atoms with van der Waals surface area (Å²) in [6, 6.07) is 7.11. The Hall–Kier alpha value is -2.98. The van der Waals surface area contributed by atoms with E-state index in [9.17, 15) is 27.9 Å². The number of hydrogen-bond donors (Lipinski definition) is 2. The second-order valence-corrected chi connectivity index (χ2v) is 10.7. The molecule has 1 aromatic heterocycles. The molecule has 1 saturated heterocycles. The number of nitrogens with one attached hydrogen (secondary N) is 1. The minimum atomic E-state index is -4.36. The minimum Gasteiger partial charge on any atom is -0.384 e. The van der Waals surface area contributed by atoms with Crippen LogP contribution in [0.25, 0.3) is 0 Å². The van der Waals surface area contributed by atoms with Gasteiger partial charge in [0.05, 0.1) is 22.9 Å². The number of aliphatic hydroxyl groups is 1. The third kappa shape index (κ3) is 6.35. The molecule has 1 aromatic carbocycles. The van der Waals surface area contributed by atoms with E-state index in [1.54, 1.807) is 11.1 Å². The zero-order valence-corrected chi connectivity index (χ0v) is 22.0. The molecule has 0 bridgehead atoms. The SMILES string of the molecule is CC(O)C(=O)N1CCC(CNC(=O)c2cnc3c(c2)CN(Cc2ccc(C(F)(F)F)cc2)C3C(C)C)CC1. The lowest BCUT2D eigenvalue weighted by atomic mass is 9.96. The molecular formula is C28H35F3N4O3. The van der Waals surface area contributed by atoms with Crippen LogP contribution >= 0.6 is 0 Å². The van der Waals surface area contributed by atoms with Crippen LogP contribution in [-0.4, -0.2) is 57.4 Å². The third-order valence-corrected chi connectivity index (χ3v) is 7.44. The van der Waals surface area contributed by atoms with Gasteiger partial charge >= 0.3 is 6.18 Å². The van der Waals surface area contributed by atoms with Gasteiger partial charge in [0.25, 0.3) is 11.8 Å². The van der Waals surface area contributed by atoms with Crippen molar-refractivity contribution in [3.8, 4) is 0 Å². The van der Waals surface area contributed by atoms with Gasteiger partial charge in [-0.1, -0.05) is 26.0 Å². The van der Waals surface area contributed by atoms with Gasteiger partial charge in [-0.2, -0.15) is 13.2 Å². The summed E-state index contributed by atoms with van der Waals surface area (Å²) in [7, 11) is 0. The fourth-order valence-corrected chi connectivity index (χ4v) is 5.41. The zero-order valence-electron chi connectivity index (χ0n) is 22.0. The fraction of sp³-hybridized carbons (Fsp3) is 0.536. The first-order valence-corrected chi connectivity index (χ1v) is 13.1. The summed E-state index contributed by atoms with van der Waals surface area (Å²) < 4.78 is 38.8. The Labute approximate surface area is 221 Å². The van der Waals surface area contributed by atoms with E-state index < -0.39 is 17.8 Å². The molecule has 0 spiro atoms. The summed E-state index contributed by atoms with van der Waals surface area (Å²) in [4.78, 5) is 33.3. The number of aromatic nitrogens is 1. The van der Waals surface area contributed by atoms with Gasteiger partial charge in [-0.25, -0.2) is 0 Å². The number of nitrogens with zero attached hydrogens (tertiary/aromatic N) is 3. The number of amides is 2. The molecular weight excluding hydrogens is 497 g/mol. The Morgan fingerprint density at radius 2 is 1.79 bits per heavy atom. The number of hydrogen-bond acceptors (Lipinski definition) is 5. The van der Waals surface area contributed by atoms with Crippen LogP contribution < -0.4 is 5.32 Å². The number of pyridine rings is 1. The molecule has 2 unspecified atom stereocenters. The Balaban J connectivity index is 1.37. The quantitative estimate of drug-likeness (QED) is 0.560. The van der Waals surface area contributed by atoms with E-state index in [1.807, 2.05) is 6.07 Å².